The van der Waals surface area contributed by atoms with Crippen LogP contribution >= 0.6 is 0 Å². The van der Waals surface area contributed by atoms with Gasteiger partial charge < -0.3 is 11.1 Å². The van der Waals surface area contributed by atoms with Gasteiger partial charge in [-0.05, 0) is 49.4 Å². The molecule has 1 fully saturated rings. The third kappa shape index (κ3) is 3.90. The van der Waals surface area contributed by atoms with Crippen molar-refractivity contribution in [3.05, 3.63) is 65.5 Å². The first-order valence-electron chi connectivity index (χ1n) is 8.93. The maximum atomic E-state index is 14.4. The Morgan fingerprint density at radius 1 is 1.19 bits per heavy atom. The smallest absolute Gasteiger partial charge is 0.237 e. The van der Waals surface area contributed by atoms with Gasteiger partial charge >= 0.3 is 0 Å². The van der Waals surface area contributed by atoms with Crippen molar-refractivity contribution in [2.24, 2.45) is 5.73 Å². The molecule has 0 aliphatic heterocycles. The molecule has 6 heteroatoms. The molecule has 1 amide bonds. The Balaban J connectivity index is 1.71. The molecule has 138 valence electrons. The summed E-state index contributed by atoms with van der Waals surface area (Å²) >= 11 is 0. The highest BCUT2D eigenvalue weighted by atomic mass is 19.2. The molecule has 0 spiro atoms. The molecule has 1 heterocycles. The van der Waals surface area contributed by atoms with Crippen molar-refractivity contribution in [2.75, 3.05) is 0 Å². The monoisotopic (exact) mass is 359 g/mol. The molecule has 0 bridgehead atoms. The molecule has 1 aliphatic rings. The number of benzene rings is 1. The van der Waals surface area contributed by atoms with Gasteiger partial charge in [0.1, 0.15) is 0 Å². The van der Waals surface area contributed by atoms with Gasteiger partial charge in [-0.1, -0.05) is 25.0 Å². The van der Waals surface area contributed by atoms with Gasteiger partial charge in [0.05, 0.1) is 11.6 Å². The Kier molecular flexibility index (Phi) is 5.61. The number of aromatic nitrogens is 1. The number of nitrogens with zero attached hydrogens (tertiary/aromatic N) is 1. The van der Waals surface area contributed by atoms with Crippen LogP contribution in [-0.4, -0.2) is 16.9 Å². The standard InChI is InChI=1S/C20H23F2N3O/c21-16-5-3-4-15(18(16)22)20(10-1-2-11-20)25-19(26)17(23)7-6-14-8-12-24-13-9-14/h3-5,8-9,12-13,17H,1-2,6-7,10-11,23H2,(H,25,26). The van der Waals surface area contributed by atoms with Crippen LogP contribution in [0.15, 0.2) is 42.7 Å². The molecule has 1 aromatic carbocycles. The van der Waals surface area contributed by atoms with Crippen molar-refractivity contribution in [3.8, 4) is 0 Å². The molecular formula is C20H23F2N3O. The fraction of sp³-hybridized carbons (Fsp3) is 0.400. The summed E-state index contributed by atoms with van der Waals surface area (Å²) in [7, 11) is 0. The van der Waals surface area contributed by atoms with Gasteiger partial charge in [-0.3, -0.25) is 9.78 Å². The summed E-state index contributed by atoms with van der Waals surface area (Å²) in [5, 5.41) is 2.93. The quantitative estimate of drug-likeness (QED) is 0.832. The molecule has 1 aliphatic carbocycles. The average Bonchev–Trinajstić information content (AvgIpc) is 3.12. The van der Waals surface area contributed by atoms with Crippen molar-refractivity contribution >= 4 is 5.91 Å². The zero-order valence-corrected chi connectivity index (χ0v) is 14.6. The fourth-order valence-electron chi connectivity index (χ4n) is 3.64. The predicted molar refractivity (Wildman–Crippen MR) is 95.2 cm³/mol. The highest BCUT2D eigenvalue weighted by Crippen LogP contribution is 2.40. The number of rotatable bonds is 6. The van der Waals surface area contributed by atoms with Crippen LogP contribution in [0.1, 0.15) is 43.2 Å². The Morgan fingerprint density at radius 3 is 2.58 bits per heavy atom. The van der Waals surface area contributed by atoms with Crippen molar-refractivity contribution in [1.29, 1.82) is 0 Å². The largest absolute Gasteiger partial charge is 0.345 e. The number of amides is 1. The van der Waals surface area contributed by atoms with E-state index in [1.807, 2.05) is 12.1 Å². The second-order valence-corrected chi connectivity index (χ2v) is 6.88. The number of aryl methyl sites for hydroxylation is 1. The number of carbonyl (C=O) groups is 1. The molecule has 1 aromatic heterocycles. The summed E-state index contributed by atoms with van der Waals surface area (Å²) in [5.41, 5.74) is 6.44. The Hall–Kier alpha value is -2.34. The number of hydrogen-bond donors (Lipinski definition) is 2. The van der Waals surface area contributed by atoms with Crippen LogP contribution < -0.4 is 11.1 Å². The minimum absolute atomic E-state index is 0.213. The van der Waals surface area contributed by atoms with Gasteiger partial charge in [0, 0.05) is 18.0 Å². The van der Waals surface area contributed by atoms with Crippen LogP contribution in [0.25, 0.3) is 0 Å². The van der Waals surface area contributed by atoms with Crippen molar-refractivity contribution in [1.82, 2.24) is 10.3 Å². The third-order valence-electron chi connectivity index (χ3n) is 5.12. The molecule has 4 nitrogen and oxygen atoms in total. The molecule has 3 N–H and O–H groups in total. The molecule has 0 radical (unpaired) electrons. The van der Waals surface area contributed by atoms with E-state index in [-0.39, 0.29) is 11.5 Å². The lowest BCUT2D eigenvalue weighted by Gasteiger charge is -2.32. The zero-order valence-electron chi connectivity index (χ0n) is 14.6. The zero-order chi connectivity index (χ0) is 18.6. The molecular weight excluding hydrogens is 336 g/mol. The summed E-state index contributed by atoms with van der Waals surface area (Å²) in [6, 6.07) is 7.16. The Labute approximate surface area is 151 Å². The van der Waals surface area contributed by atoms with E-state index in [9.17, 15) is 13.6 Å². The first-order valence-corrected chi connectivity index (χ1v) is 8.93. The topological polar surface area (TPSA) is 68.0 Å². The van der Waals surface area contributed by atoms with Crippen molar-refractivity contribution < 1.29 is 13.6 Å². The van der Waals surface area contributed by atoms with Crippen LogP contribution in [0, 0.1) is 11.6 Å². The van der Waals surface area contributed by atoms with Gasteiger partial charge in [0.25, 0.3) is 0 Å². The third-order valence-corrected chi connectivity index (χ3v) is 5.12. The SMILES string of the molecule is NC(CCc1ccncc1)C(=O)NC1(c2cccc(F)c2F)CCCC1. The first-order chi connectivity index (χ1) is 12.5. The molecule has 2 aromatic rings. The van der Waals surface area contributed by atoms with Gasteiger partial charge in [0.15, 0.2) is 11.6 Å². The van der Waals surface area contributed by atoms with E-state index < -0.39 is 23.2 Å². The number of halogens is 2. The summed E-state index contributed by atoms with van der Waals surface area (Å²) in [6.45, 7) is 0. The number of carbonyl (C=O) groups excluding carboxylic acids is 1. The number of nitrogens with two attached hydrogens (primary N) is 1. The van der Waals surface area contributed by atoms with Crippen molar-refractivity contribution in [3.63, 3.8) is 0 Å². The lowest BCUT2D eigenvalue weighted by atomic mass is 9.87. The maximum absolute atomic E-state index is 14.4. The van der Waals surface area contributed by atoms with E-state index in [1.54, 1.807) is 18.5 Å². The number of pyridine rings is 1. The van der Waals surface area contributed by atoms with Crippen molar-refractivity contribution in [2.45, 2.75) is 50.1 Å². The minimum Gasteiger partial charge on any atom is -0.345 e. The molecule has 1 saturated carbocycles. The predicted octanol–water partition coefficient (Wildman–Crippen LogP) is 3.21. The Morgan fingerprint density at radius 2 is 1.88 bits per heavy atom. The van der Waals surface area contributed by atoms with E-state index in [0.29, 0.717) is 25.7 Å². The molecule has 1 unspecified atom stereocenters. The van der Waals surface area contributed by atoms with Gasteiger partial charge in [0.2, 0.25) is 5.91 Å². The van der Waals surface area contributed by atoms with Crippen LogP contribution in [-0.2, 0) is 16.8 Å². The highest BCUT2D eigenvalue weighted by molar-refractivity contribution is 5.82. The summed E-state index contributed by atoms with van der Waals surface area (Å²) in [5.74, 6) is -2.12. The van der Waals surface area contributed by atoms with E-state index in [0.717, 1.165) is 24.5 Å². The van der Waals surface area contributed by atoms with Gasteiger partial charge in [-0.25, -0.2) is 8.78 Å². The van der Waals surface area contributed by atoms with Crippen LogP contribution in [0.2, 0.25) is 0 Å². The number of hydrogen-bond acceptors (Lipinski definition) is 3. The first kappa shape index (κ1) is 18.5. The normalized spacial score (nSPS) is 17.0. The van der Waals surface area contributed by atoms with Crippen LogP contribution in [0.3, 0.4) is 0 Å². The summed E-state index contributed by atoms with van der Waals surface area (Å²) in [6.07, 6.45) is 7.37. The van der Waals surface area contributed by atoms with Crippen LogP contribution in [0.5, 0.6) is 0 Å². The van der Waals surface area contributed by atoms with E-state index in [2.05, 4.69) is 10.3 Å². The number of nitrogens with one attached hydrogen (secondary N) is 1. The Bertz CT molecular complexity index is 761. The van der Waals surface area contributed by atoms with Gasteiger partial charge in [-0.15, -0.1) is 0 Å². The van der Waals surface area contributed by atoms with E-state index >= 15 is 0 Å². The van der Waals surface area contributed by atoms with E-state index in [1.165, 1.54) is 6.07 Å². The van der Waals surface area contributed by atoms with Gasteiger partial charge in [-0.2, -0.15) is 0 Å². The molecule has 26 heavy (non-hydrogen) atoms. The lowest BCUT2D eigenvalue weighted by molar-refractivity contribution is -0.124. The van der Waals surface area contributed by atoms with Crippen LogP contribution in [0.4, 0.5) is 8.78 Å². The molecule has 1 atom stereocenters. The second-order valence-electron chi connectivity index (χ2n) is 6.88. The highest BCUT2D eigenvalue weighted by Gasteiger charge is 2.40. The molecule has 3 rings (SSSR count). The fourth-order valence-corrected chi connectivity index (χ4v) is 3.64. The second kappa shape index (κ2) is 7.91. The summed E-state index contributed by atoms with van der Waals surface area (Å²) < 4.78 is 28.0. The molecule has 0 saturated heterocycles. The van der Waals surface area contributed by atoms with E-state index in [4.69, 9.17) is 5.73 Å². The summed E-state index contributed by atoms with van der Waals surface area (Å²) in [4.78, 5) is 16.6. The minimum atomic E-state index is -0.898. The maximum Gasteiger partial charge on any atom is 0.237 e. The lowest BCUT2D eigenvalue weighted by Crippen LogP contribution is -2.51. The average molecular weight is 359 g/mol.